The Kier molecular flexibility index (Phi) is 3.88. The standard InChI is InChI=1S/C14H14BrNOS/c1-8-6-11(15)4-5-13(8)16-14(17)12-7-18-10(3)9(12)2/h4-7H,1-3H3,(H,16,17). The summed E-state index contributed by atoms with van der Waals surface area (Å²) < 4.78 is 1.01. The Morgan fingerprint density at radius 3 is 2.56 bits per heavy atom. The van der Waals surface area contributed by atoms with Crippen LogP contribution in [0.1, 0.15) is 26.4 Å². The predicted molar refractivity (Wildman–Crippen MR) is 80.6 cm³/mol. The Bertz CT molecular complexity index is 604. The number of rotatable bonds is 2. The van der Waals surface area contributed by atoms with Gasteiger partial charge in [0.25, 0.3) is 5.91 Å². The second-order valence-corrected chi connectivity index (χ2v) is 6.24. The fraction of sp³-hybridized carbons (Fsp3) is 0.214. The fourth-order valence-electron chi connectivity index (χ4n) is 1.69. The molecule has 1 aromatic carbocycles. The molecule has 0 aliphatic carbocycles. The Labute approximate surface area is 119 Å². The summed E-state index contributed by atoms with van der Waals surface area (Å²) in [6.07, 6.45) is 0. The highest BCUT2D eigenvalue weighted by Gasteiger charge is 2.13. The molecule has 1 aromatic heterocycles. The summed E-state index contributed by atoms with van der Waals surface area (Å²) in [6.45, 7) is 5.99. The lowest BCUT2D eigenvalue weighted by molar-refractivity contribution is 0.102. The van der Waals surface area contributed by atoms with Gasteiger partial charge in [-0.15, -0.1) is 11.3 Å². The molecule has 1 N–H and O–H groups in total. The maximum atomic E-state index is 12.2. The van der Waals surface area contributed by atoms with Crippen LogP contribution < -0.4 is 5.32 Å². The second kappa shape index (κ2) is 5.24. The molecule has 0 aliphatic heterocycles. The number of aryl methyl sites for hydroxylation is 2. The van der Waals surface area contributed by atoms with Crippen LogP contribution >= 0.6 is 27.3 Å². The van der Waals surface area contributed by atoms with Crippen molar-refractivity contribution in [3.8, 4) is 0 Å². The van der Waals surface area contributed by atoms with Crippen LogP contribution in [0.3, 0.4) is 0 Å². The maximum absolute atomic E-state index is 12.2. The second-order valence-electron chi connectivity index (χ2n) is 4.24. The predicted octanol–water partition coefficient (Wildman–Crippen LogP) is 4.69. The zero-order chi connectivity index (χ0) is 13.3. The van der Waals surface area contributed by atoms with E-state index >= 15 is 0 Å². The number of carbonyl (C=O) groups is 1. The molecule has 0 spiro atoms. The summed E-state index contributed by atoms with van der Waals surface area (Å²) in [4.78, 5) is 13.4. The topological polar surface area (TPSA) is 29.1 Å². The maximum Gasteiger partial charge on any atom is 0.256 e. The third-order valence-electron chi connectivity index (χ3n) is 2.97. The van der Waals surface area contributed by atoms with Crippen LogP contribution in [0.2, 0.25) is 0 Å². The number of carbonyl (C=O) groups excluding carboxylic acids is 1. The van der Waals surface area contributed by atoms with E-state index in [0.29, 0.717) is 0 Å². The molecule has 4 heteroatoms. The van der Waals surface area contributed by atoms with Gasteiger partial charge in [0, 0.05) is 20.4 Å². The van der Waals surface area contributed by atoms with Crippen molar-refractivity contribution in [3.63, 3.8) is 0 Å². The quantitative estimate of drug-likeness (QED) is 0.853. The molecule has 0 unspecified atom stereocenters. The van der Waals surface area contributed by atoms with Gasteiger partial charge in [-0.05, 0) is 50.1 Å². The smallest absolute Gasteiger partial charge is 0.256 e. The summed E-state index contributed by atoms with van der Waals surface area (Å²) in [5, 5.41) is 4.87. The highest BCUT2D eigenvalue weighted by Crippen LogP contribution is 2.24. The minimum Gasteiger partial charge on any atom is -0.322 e. The van der Waals surface area contributed by atoms with E-state index in [-0.39, 0.29) is 5.91 Å². The Hall–Kier alpha value is -1.13. The summed E-state index contributed by atoms with van der Waals surface area (Å²) in [5.41, 5.74) is 3.72. The van der Waals surface area contributed by atoms with E-state index in [1.165, 1.54) is 4.88 Å². The van der Waals surface area contributed by atoms with Gasteiger partial charge in [0.1, 0.15) is 0 Å². The van der Waals surface area contributed by atoms with E-state index < -0.39 is 0 Å². The van der Waals surface area contributed by atoms with Crippen molar-refractivity contribution in [1.29, 1.82) is 0 Å². The lowest BCUT2D eigenvalue weighted by Gasteiger charge is -2.08. The van der Waals surface area contributed by atoms with E-state index in [0.717, 1.165) is 26.9 Å². The molecule has 0 bridgehead atoms. The highest BCUT2D eigenvalue weighted by molar-refractivity contribution is 9.10. The minimum absolute atomic E-state index is 0.0396. The van der Waals surface area contributed by atoms with Crippen LogP contribution in [0.15, 0.2) is 28.1 Å². The highest BCUT2D eigenvalue weighted by atomic mass is 79.9. The number of benzene rings is 1. The SMILES string of the molecule is Cc1cc(Br)ccc1NC(=O)c1csc(C)c1C. The van der Waals surface area contributed by atoms with Crippen LogP contribution in [-0.4, -0.2) is 5.91 Å². The molecule has 1 amide bonds. The zero-order valence-corrected chi connectivity index (χ0v) is 12.9. The van der Waals surface area contributed by atoms with E-state index in [1.807, 2.05) is 44.4 Å². The fourth-order valence-corrected chi connectivity index (χ4v) is 3.04. The molecule has 2 nitrogen and oxygen atoms in total. The summed E-state index contributed by atoms with van der Waals surface area (Å²) in [7, 11) is 0. The monoisotopic (exact) mass is 323 g/mol. The Morgan fingerprint density at radius 2 is 2.00 bits per heavy atom. The van der Waals surface area contributed by atoms with E-state index in [4.69, 9.17) is 0 Å². The van der Waals surface area contributed by atoms with Crippen LogP contribution in [0.25, 0.3) is 0 Å². The van der Waals surface area contributed by atoms with E-state index in [2.05, 4.69) is 21.2 Å². The molecule has 18 heavy (non-hydrogen) atoms. The van der Waals surface area contributed by atoms with Crippen molar-refractivity contribution in [3.05, 3.63) is 49.6 Å². The third kappa shape index (κ3) is 2.65. The zero-order valence-electron chi connectivity index (χ0n) is 10.5. The van der Waals surface area contributed by atoms with Gasteiger partial charge in [0.05, 0.1) is 5.56 Å². The average Bonchev–Trinajstić information content (AvgIpc) is 2.64. The first kappa shape index (κ1) is 13.3. The summed E-state index contributed by atoms with van der Waals surface area (Å²) in [6, 6.07) is 5.82. The number of amides is 1. The van der Waals surface area contributed by atoms with Crippen LogP contribution in [0.5, 0.6) is 0 Å². The van der Waals surface area contributed by atoms with Crippen molar-refractivity contribution >= 4 is 38.9 Å². The van der Waals surface area contributed by atoms with E-state index in [9.17, 15) is 4.79 Å². The number of hydrogen-bond acceptors (Lipinski definition) is 2. The van der Waals surface area contributed by atoms with Gasteiger partial charge in [-0.2, -0.15) is 0 Å². The molecular formula is C14H14BrNOS. The first-order valence-electron chi connectivity index (χ1n) is 5.61. The molecule has 2 aromatic rings. The molecule has 0 saturated heterocycles. The van der Waals surface area contributed by atoms with Crippen molar-refractivity contribution in [1.82, 2.24) is 0 Å². The largest absolute Gasteiger partial charge is 0.322 e. The molecule has 2 rings (SSSR count). The Morgan fingerprint density at radius 1 is 1.28 bits per heavy atom. The lowest BCUT2D eigenvalue weighted by Crippen LogP contribution is -2.13. The number of hydrogen-bond donors (Lipinski definition) is 1. The molecule has 0 fully saturated rings. The van der Waals surface area contributed by atoms with Crippen molar-refractivity contribution < 1.29 is 4.79 Å². The normalized spacial score (nSPS) is 10.4. The van der Waals surface area contributed by atoms with Crippen molar-refractivity contribution in [2.24, 2.45) is 0 Å². The molecule has 0 aliphatic rings. The number of nitrogens with one attached hydrogen (secondary N) is 1. The first-order valence-corrected chi connectivity index (χ1v) is 7.28. The van der Waals surface area contributed by atoms with Gasteiger partial charge in [-0.1, -0.05) is 15.9 Å². The Balaban J connectivity index is 2.24. The number of halogens is 1. The average molecular weight is 324 g/mol. The lowest BCUT2D eigenvalue weighted by atomic mass is 10.1. The summed E-state index contributed by atoms with van der Waals surface area (Å²) >= 11 is 5.02. The first-order chi connectivity index (χ1) is 8.49. The molecule has 0 radical (unpaired) electrons. The van der Waals surface area contributed by atoms with Gasteiger partial charge >= 0.3 is 0 Å². The van der Waals surface area contributed by atoms with Gasteiger partial charge in [0.15, 0.2) is 0 Å². The van der Waals surface area contributed by atoms with Crippen LogP contribution in [0, 0.1) is 20.8 Å². The van der Waals surface area contributed by atoms with Gasteiger partial charge < -0.3 is 5.32 Å². The van der Waals surface area contributed by atoms with Gasteiger partial charge in [-0.25, -0.2) is 0 Å². The van der Waals surface area contributed by atoms with Crippen LogP contribution in [0.4, 0.5) is 5.69 Å². The van der Waals surface area contributed by atoms with Crippen LogP contribution in [-0.2, 0) is 0 Å². The molecule has 94 valence electrons. The summed E-state index contributed by atoms with van der Waals surface area (Å²) in [5.74, 6) is -0.0396. The van der Waals surface area contributed by atoms with Gasteiger partial charge in [-0.3, -0.25) is 4.79 Å². The third-order valence-corrected chi connectivity index (χ3v) is 4.47. The minimum atomic E-state index is -0.0396. The number of anilines is 1. The molecule has 0 saturated carbocycles. The van der Waals surface area contributed by atoms with Crippen molar-refractivity contribution in [2.45, 2.75) is 20.8 Å². The van der Waals surface area contributed by atoms with E-state index in [1.54, 1.807) is 11.3 Å². The molecular weight excluding hydrogens is 310 g/mol. The van der Waals surface area contributed by atoms with Gasteiger partial charge in [0.2, 0.25) is 0 Å². The molecule has 0 atom stereocenters. The number of thiophene rings is 1. The molecule has 1 heterocycles. The van der Waals surface area contributed by atoms with Crippen molar-refractivity contribution in [2.75, 3.05) is 5.32 Å².